The highest BCUT2D eigenvalue weighted by Crippen LogP contribution is 2.21. The van der Waals surface area contributed by atoms with Gasteiger partial charge in [0.15, 0.2) is 11.4 Å². The van der Waals surface area contributed by atoms with Gasteiger partial charge in [0.25, 0.3) is 0 Å². The van der Waals surface area contributed by atoms with Crippen LogP contribution in [-0.2, 0) is 0 Å². The van der Waals surface area contributed by atoms with Gasteiger partial charge in [-0.05, 0) is 25.0 Å². The maximum absolute atomic E-state index is 12.3. The zero-order chi connectivity index (χ0) is 18.8. The maximum Gasteiger partial charge on any atom is 0.341 e. The van der Waals surface area contributed by atoms with E-state index < -0.39 is 12.0 Å². The van der Waals surface area contributed by atoms with Gasteiger partial charge < -0.3 is 14.8 Å². The van der Waals surface area contributed by atoms with Crippen LogP contribution in [0.1, 0.15) is 42.5 Å². The molecule has 2 amide bonds. The number of carbonyl (C=O) groups excluding carboxylic acids is 1. The van der Waals surface area contributed by atoms with E-state index in [1.807, 2.05) is 0 Å². The average molecular weight is 370 g/mol. The van der Waals surface area contributed by atoms with Gasteiger partial charge in [0.2, 0.25) is 11.8 Å². The molecule has 1 aliphatic carbocycles. The summed E-state index contributed by atoms with van der Waals surface area (Å²) in [6.45, 7) is 0. The van der Waals surface area contributed by atoms with Crippen molar-refractivity contribution in [2.24, 2.45) is 0 Å². The lowest BCUT2D eigenvalue weighted by Gasteiger charge is -2.22. The lowest BCUT2D eigenvalue weighted by Crippen LogP contribution is -2.39. The quantitative estimate of drug-likeness (QED) is 0.642. The number of carboxylic acids is 1. The topological polar surface area (TPSA) is 135 Å². The van der Waals surface area contributed by atoms with Crippen molar-refractivity contribution in [2.45, 2.75) is 38.1 Å². The van der Waals surface area contributed by atoms with Crippen LogP contribution in [-0.4, -0.2) is 42.7 Å². The van der Waals surface area contributed by atoms with E-state index >= 15 is 0 Å². The third kappa shape index (κ3) is 3.46. The Labute approximate surface area is 153 Å². The van der Waals surface area contributed by atoms with Crippen LogP contribution >= 0.6 is 0 Å². The van der Waals surface area contributed by atoms with Crippen LogP contribution in [0.15, 0.2) is 29.0 Å². The number of hydrogen-bond donors (Lipinski definition) is 3. The van der Waals surface area contributed by atoms with Crippen LogP contribution in [0, 0.1) is 0 Å². The van der Waals surface area contributed by atoms with Crippen LogP contribution in [0.25, 0.3) is 17.2 Å². The number of carboxylic acid groups (broad SMARTS) is 1. The molecular formula is C17H18N6O4. The SMILES string of the molecule is O=C(Nc1ncc(C(=O)O)c2nc(-c3ccco3)nn12)NC1CCCCC1. The third-order valence-corrected chi connectivity index (χ3v) is 4.50. The number of rotatable bonds is 4. The van der Waals surface area contributed by atoms with Crippen molar-refractivity contribution in [3.8, 4) is 11.6 Å². The molecule has 27 heavy (non-hydrogen) atoms. The summed E-state index contributed by atoms with van der Waals surface area (Å²) in [5, 5.41) is 19.2. The number of amides is 2. The smallest absolute Gasteiger partial charge is 0.341 e. The molecule has 0 unspecified atom stereocenters. The highest BCUT2D eigenvalue weighted by atomic mass is 16.4. The minimum absolute atomic E-state index is 0.0665. The molecule has 0 atom stereocenters. The van der Waals surface area contributed by atoms with Crippen LogP contribution in [0.5, 0.6) is 0 Å². The average Bonchev–Trinajstić information content (AvgIpc) is 3.32. The van der Waals surface area contributed by atoms with E-state index in [2.05, 4.69) is 25.7 Å². The number of aromatic carboxylic acids is 1. The van der Waals surface area contributed by atoms with Crippen LogP contribution < -0.4 is 10.6 Å². The lowest BCUT2D eigenvalue weighted by atomic mass is 9.96. The molecule has 10 nitrogen and oxygen atoms in total. The molecule has 10 heteroatoms. The summed E-state index contributed by atoms with van der Waals surface area (Å²) < 4.78 is 6.46. The molecule has 3 aromatic heterocycles. The first-order chi connectivity index (χ1) is 13.1. The predicted molar refractivity (Wildman–Crippen MR) is 94.5 cm³/mol. The number of nitrogens with zero attached hydrogens (tertiary/aromatic N) is 4. The summed E-state index contributed by atoms with van der Waals surface area (Å²) in [6.07, 6.45) is 7.88. The minimum atomic E-state index is -1.19. The van der Waals surface area contributed by atoms with E-state index in [-0.39, 0.29) is 29.0 Å². The number of carbonyl (C=O) groups is 2. The highest BCUT2D eigenvalue weighted by Gasteiger charge is 2.21. The number of nitrogens with one attached hydrogen (secondary N) is 2. The number of urea groups is 1. The van der Waals surface area contributed by atoms with E-state index in [1.165, 1.54) is 17.2 Å². The Hall–Kier alpha value is -3.43. The van der Waals surface area contributed by atoms with E-state index in [4.69, 9.17) is 4.42 Å². The van der Waals surface area contributed by atoms with Gasteiger partial charge in [0, 0.05) is 12.2 Å². The summed E-state index contributed by atoms with van der Waals surface area (Å²) in [5.41, 5.74) is -0.0598. The molecule has 0 aliphatic heterocycles. The summed E-state index contributed by atoms with van der Waals surface area (Å²) in [6, 6.07) is 3.05. The maximum atomic E-state index is 12.3. The van der Waals surface area contributed by atoms with Gasteiger partial charge in [0.05, 0.1) is 6.26 Å². The normalized spacial score (nSPS) is 15.0. The van der Waals surface area contributed by atoms with Gasteiger partial charge in [-0.2, -0.15) is 4.52 Å². The Morgan fingerprint density at radius 1 is 1.26 bits per heavy atom. The summed E-state index contributed by atoms with van der Waals surface area (Å²) in [7, 11) is 0. The van der Waals surface area contributed by atoms with Crippen molar-refractivity contribution in [3.63, 3.8) is 0 Å². The molecule has 3 N–H and O–H groups in total. The monoisotopic (exact) mass is 370 g/mol. The Balaban J connectivity index is 1.65. The highest BCUT2D eigenvalue weighted by molar-refractivity contribution is 5.95. The third-order valence-electron chi connectivity index (χ3n) is 4.50. The first kappa shape index (κ1) is 17.0. The van der Waals surface area contributed by atoms with Crippen molar-refractivity contribution < 1.29 is 19.1 Å². The van der Waals surface area contributed by atoms with Crippen molar-refractivity contribution in [1.29, 1.82) is 0 Å². The molecular weight excluding hydrogens is 352 g/mol. The largest absolute Gasteiger partial charge is 0.477 e. The zero-order valence-electron chi connectivity index (χ0n) is 14.4. The number of aromatic nitrogens is 4. The molecule has 0 saturated heterocycles. The van der Waals surface area contributed by atoms with Crippen LogP contribution in [0.3, 0.4) is 0 Å². The Morgan fingerprint density at radius 3 is 2.78 bits per heavy atom. The second-order valence-electron chi connectivity index (χ2n) is 6.38. The molecule has 4 rings (SSSR count). The Bertz CT molecular complexity index is 975. The fourth-order valence-corrected chi connectivity index (χ4v) is 3.19. The molecule has 3 aromatic rings. The molecule has 1 fully saturated rings. The Kier molecular flexibility index (Phi) is 4.45. The van der Waals surface area contributed by atoms with Gasteiger partial charge in [-0.3, -0.25) is 5.32 Å². The molecule has 0 spiro atoms. The molecule has 1 aliphatic rings. The van der Waals surface area contributed by atoms with Gasteiger partial charge >= 0.3 is 12.0 Å². The van der Waals surface area contributed by atoms with E-state index in [9.17, 15) is 14.7 Å². The van der Waals surface area contributed by atoms with E-state index in [0.717, 1.165) is 31.9 Å². The fraction of sp³-hybridized carbons (Fsp3) is 0.353. The predicted octanol–water partition coefficient (Wildman–Crippen LogP) is 2.54. The Morgan fingerprint density at radius 2 is 2.07 bits per heavy atom. The molecule has 0 bridgehead atoms. The number of hydrogen-bond acceptors (Lipinski definition) is 6. The molecule has 0 aromatic carbocycles. The zero-order valence-corrected chi connectivity index (χ0v) is 14.4. The molecule has 0 radical (unpaired) electrons. The van der Waals surface area contributed by atoms with Crippen molar-refractivity contribution >= 4 is 23.6 Å². The minimum Gasteiger partial charge on any atom is -0.477 e. The first-order valence-corrected chi connectivity index (χ1v) is 8.72. The lowest BCUT2D eigenvalue weighted by molar-refractivity contribution is 0.0698. The summed E-state index contributed by atoms with van der Waals surface area (Å²) in [5.74, 6) is -0.531. The van der Waals surface area contributed by atoms with Gasteiger partial charge in [-0.15, -0.1) is 5.10 Å². The summed E-state index contributed by atoms with van der Waals surface area (Å²) >= 11 is 0. The van der Waals surface area contributed by atoms with Crippen molar-refractivity contribution in [1.82, 2.24) is 24.9 Å². The molecule has 3 heterocycles. The number of furan rings is 1. The number of fused-ring (bicyclic) bond motifs is 1. The fourth-order valence-electron chi connectivity index (χ4n) is 3.19. The second-order valence-corrected chi connectivity index (χ2v) is 6.38. The van der Waals surface area contributed by atoms with E-state index in [1.54, 1.807) is 12.1 Å². The van der Waals surface area contributed by atoms with Crippen LogP contribution in [0.2, 0.25) is 0 Å². The standard InChI is InChI=1S/C17H18N6O4/c24-15(25)11-9-18-16(21-17(26)19-10-5-2-1-3-6-10)23-14(11)20-13(22-23)12-7-4-8-27-12/h4,7-10H,1-3,5-6H2,(H,24,25)(H2,18,19,21,26). The van der Waals surface area contributed by atoms with Gasteiger partial charge in [0.1, 0.15) is 5.56 Å². The summed E-state index contributed by atoms with van der Waals surface area (Å²) in [4.78, 5) is 32.0. The van der Waals surface area contributed by atoms with Crippen molar-refractivity contribution in [2.75, 3.05) is 5.32 Å². The van der Waals surface area contributed by atoms with Crippen LogP contribution in [0.4, 0.5) is 10.7 Å². The number of anilines is 1. The molecule has 1 saturated carbocycles. The van der Waals surface area contributed by atoms with E-state index in [0.29, 0.717) is 5.76 Å². The molecule has 140 valence electrons. The first-order valence-electron chi connectivity index (χ1n) is 8.72. The van der Waals surface area contributed by atoms with Gasteiger partial charge in [-0.1, -0.05) is 19.3 Å². The van der Waals surface area contributed by atoms with Crippen molar-refractivity contribution in [3.05, 3.63) is 30.2 Å². The van der Waals surface area contributed by atoms with Gasteiger partial charge in [-0.25, -0.2) is 19.6 Å². The second kappa shape index (κ2) is 7.06.